The number of piperidine rings is 1. The molecule has 2 amide bonds. The lowest BCUT2D eigenvalue weighted by atomic mass is 9.97. The molecule has 2 saturated heterocycles. The molecule has 4 rings (SSSR count). The van der Waals surface area contributed by atoms with E-state index in [-0.39, 0.29) is 24.0 Å². The fourth-order valence-electron chi connectivity index (χ4n) is 4.33. The third-order valence-electron chi connectivity index (χ3n) is 5.88. The Morgan fingerprint density at radius 2 is 1.96 bits per heavy atom. The van der Waals surface area contributed by atoms with Gasteiger partial charge in [0.15, 0.2) is 0 Å². The monoisotopic (exact) mass is 371 g/mol. The smallest absolute Gasteiger partial charge is 0.242 e. The lowest BCUT2D eigenvalue weighted by Gasteiger charge is -2.43. The first-order valence-electron chi connectivity index (χ1n) is 9.95. The molecule has 3 aliphatic rings. The Bertz CT molecular complexity index is 701. The van der Waals surface area contributed by atoms with Crippen LogP contribution in [0.25, 0.3) is 0 Å². The SMILES string of the molecule is CN1CCN(CC(=O)N2c3ccccc3CC(=O)NC3CCCNC32)CC1. The highest BCUT2D eigenvalue weighted by molar-refractivity contribution is 5.97. The largest absolute Gasteiger partial charge is 0.350 e. The van der Waals surface area contributed by atoms with Crippen LogP contribution in [-0.4, -0.2) is 80.1 Å². The predicted molar refractivity (Wildman–Crippen MR) is 105 cm³/mol. The molecule has 2 unspecified atom stereocenters. The number of likely N-dealkylation sites (N-methyl/N-ethyl adjacent to an activating group) is 1. The van der Waals surface area contributed by atoms with Crippen molar-refractivity contribution < 1.29 is 9.59 Å². The average Bonchev–Trinajstić information content (AvgIpc) is 2.65. The lowest BCUT2D eigenvalue weighted by Crippen LogP contribution is -2.65. The van der Waals surface area contributed by atoms with E-state index in [4.69, 9.17) is 0 Å². The Balaban J connectivity index is 1.63. The number of nitrogens with zero attached hydrogens (tertiary/aromatic N) is 3. The van der Waals surface area contributed by atoms with Crippen LogP contribution in [0.4, 0.5) is 5.69 Å². The minimum absolute atomic E-state index is 0.0346. The fourth-order valence-corrected chi connectivity index (χ4v) is 4.33. The summed E-state index contributed by atoms with van der Waals surface area (Å²) >= 11 is 0. The fraction of sp³-hybridized carbons (Fsp3) is 0.600. The number of rotatable bonds is 2. The van der Waals surface area contributed by atoms with E-state index in [1.54, 1.807) is 0 Å². The zero-order valence-corrected chi connectivity index (χ0v) is 16.0. The summed E-state index contributed by atoms with van der Waals surface area (Å²) in [5.41, 5.74) is 1.78. The zero-order valence-electron chi connectivity index (χ0n) is 16.0. The number of amides is 2. The van der Waals surface area contributed by atoms with Crippen LogP contribution in [0.3, 0.4) is 0 Å². The van der Waals surface area contributed by atoms with Crippen molar-refractivity contribution in [3.63, 3.8) is 0 Å². The normalized spacial score (nSPS) is 27.1. The Kier molecular flexibility index (Phi) is 5.43. The highest BCUT2D eigenvalue weighted by atomic mass is 16.2. The molecule has 0 bridgehead atoms. The van der Waals surface area contributed by atoms with Crippen molar-refractivity contribution >= 4 is 17.5 Å². The third kappa shape index (κ3) is 4.00. The number of piperazine rings is 1. The van der Waals surface area contributed by atoms with E-state index in [0.717, 1.165) is 56.8 Å². The molecule has 7 nitrogen and oxygen atoms in total. The summed E-state index contributed by atoms with van der Waals surface area (Å²) < 4.78 is 0. The van der Waals surface area contributed by atoms with Gasteiger partial charge in [-0.25, -0.2) is 0 Å². The van der Waals surface area contributed by atoms with Crippen LogP contribution in [-0.2, 0) is 16.0 Å². The predicted octanol–water partition coefficient (Wildman–Crippen LogP) is 0.0174. The van der Waals surface area contributed by atoms with E-state index >= 15 is 0 Å². The van der Waals surface area contributed by atoms with Gasteiger partial charge in [0.05, 0.1) is 19.0 Å². The highest BCUT2D eigenvalue weighted by Gasteiger charge is 2.37. The van der Waals surface area contributed by atoms with Gasteiger partial charge in [-0.15, -0.1) is 0 Å². The number of carbonyl (C=O) groups excluding carboxylic acids is 2. The number of carbonyl (C=O) groups is 2. The van der Waals surface area contributed by atoms with E-state index in [1.165, 1.54) is 0 Å². The Labute approximate surface area is 160 Å². The molecule has 0 saturated carbocycles. The van der Waals surface area contributed by atoms with Gasteiger partial charge in [-0.3, -0.25) is 24.7 Å². The van der Waals surface area contributed by atoms with Crippen LogP contribution in [0, 0.1) is 0 Å². The summed E-state index contributed by atoms with van der Waals surface area (Å²) in [6, 6.07) is 7.77. The van der Waals surface area contributed by atoms with Gasteiger partial charge in [0, 0.05) is 31.9 Å². The van der Waals surface area contributed by atoms with Crippen molar-refractivity contribution in [3.8, 4) is 0 Å². The summed E-state index contributed by atoms with van der Waals surface area (Å²) in [4.78, 5) is 32.3. The van der Waals surface area contributed by atoms with Crippen molar-refractivity contribution in [1.82, 2.24) is 20.4 Å². The first-order chi connectivity index (χ1) is 13.1. The van der Waals surface area contributed by atoms with E-state index in [9.17, 15) is 9.59 Å². The van der Waals surface area contributed by atoms with Gasteiger partial charge in [-0.1, -0.05) is 18.2 Å². The number of hydrogen-bond acceptors (Lipinski definition) is 5. The average molecular weight is 371 g/mol. The summed E-state index contributed by atoms with van der Waals surface area (Å²) in [6.45, 7) is 5.08. The summed E-state index contributed by atoms with van der Waals surface area (Å²) in [6.07, 6.45) is 2.02. The molecule has 0 spiro atoms. The van der Waals surface area contributed by atoms with Crippen molar-refractivity contribution in [1.29, 1.82) is 0 Å². The first kappa shape index (κ1) is 18.4. The molecule has 27 heavy (non-hydrogen) atoms. The Morgan fingerprint density at radius 1 is 1.19 bits per heavy atom. The highest BCUT2D eigenvalue weighted by Crippen LogP contribution is 2.28. The number of nitrogens with one attached hydrogen (secondary N) is 2. The number of anilines is 1. The second kappa shape index (κ2) is 7.96. The van der Waals surface area contributed by atoms with Crippen molar-refractivity contribution in [2.75, 3.05) is 51.2 Å². The minimum Gasteiger partial charge on any atom is -0.350 e. The summed E-state index contributed by atoms with van der Waals surface area (Å²) in [7, 11) is 2.12. The molecule has 2 atom stereocenters. The number of para-hydroxylation sites is 1. The topological polar surface area (TPSA) is 67.9 Å². The van der Waals surface area contributed by atoms with Crippen LogP contribution in [0.15, 0.2) is 24.3 Å². The molecular weight excluding hydrogens is 342 g/mol. The molecule has 0 aliphatic carbocycles. The molecule has 2 N–H and O–H groups in total. The van der Waals surface area contributed by atoms with Crippen molar-refractivity contribution in [3.05, 3.63) is 29.8 Å². The third-order valence-corrected chi connectivity index (χ3v) is 5.88. The summed E-state index contributed by atoms with van der Waals surface area (Å²) in [5.74, 6) is 0.139. The standard InChI is InChI=1S/C20H29N5O2/c1-23-9-11-24(12-10-23)14-19(27)25-17-7-3-2-5-15(17)13-18(26)22-16-6-4-8-21-20(16)25/h2-3,5,7,16,20-21H,4,6,8-14H2,1H3,(H,22,26). The number of fused-ring (bicyclic) bond motifs is 2. The molecule has 0 aromatic heterocycles. The van der Waals surface area contributed by atoms with Gasteiger partial charge >= 0.3 is 0 Å². The second-order valence-electron chi connectivity index (χ2n) is 7.86. The van der Waals surface area contributed by atoms with Crippen LogP contribution in [0.5, 0.6) is 0 Å². The van der Waals surface area contributed by atoms with E-state index < -0.39 is 0 Å². The molecule has 1 aromatic rings. The Morgan fingerprint density at radius 3 is 2.78 bits per heavy atom. The maximum Gasteiger partial charge on any atom is 0.242 e. The van der Waals surface area contributed by atoms with E-state index in [2.05, 4.69) is 27.5 Å². The lowest BCUT2D eigenvalue weighted by molar-refractivity contribution is -0.124. The van der Waals surface area contributed by atoms with E-state index in [1.807, 2.05) is 29.2 Å². The van der Waals surface area contributed by atoms with Gasteiger partial charge in [0.2, 0.25) is 11.8 Å². The molecule has 0 radical (unpaired) electrons. The first-order valence-corrected chi connectivity index (χ1v) is 9.95. The summed E-state index contributed by atoms with van der Waals surface area (Å²) in [5, 5.41) is 6.63. The van der Waals surface area contributed by atoms with Gasteiger partial charge in [0.1, 0.15) is 6.17 Å². The molecule has 7 heteroatoms. The molecule has 3 heterocycles. The number of benzene rings is 1. The van der Waals surface area contributed by atoms with Gasteiger partial charge in [-0.2, -0.15) is 0 Å². The maximum absolute atomic E-state index is 13.4. The van der Waals surface area contributed by atoms with Crippen LogP contribution >= 0.6 is 0 Å². The molecule has 1 aromatic carbocycles. The molecule has 146 valence electrons. The second-order valence-corrected chi connectivity index (χ2v) is 7.86. The molecule has 2 fully saturated rings. The minimum atomic E-state index is -0.191. The zero-order chi connectivity index (χ0) is 18.8. The maximum atomic E-state index is 13.4. The van der Waals surface area contributed by atoms with Crippen LogP contribution < -0.4 is 15.5 Å². The quantitative estimate of drug-likeness (QED) is 0.767. The molecular formula is C20H29N5O2. The van der Waals surface area contributed by atoms with Gasteiger partial charge in [0.25, 0.3) is 0 Å². The van der Waals surface area contributed by atoms with Crippen molar-refractivity contribution in [2.24, 2.45) is 0 Å². The van der Waals surface area contributed by atoms with E-state index in [0.29, 0.717) is 13.0 Å². The Hall–Kier alpha value is -1.96. The van der Waals surface area contributed by atoms with Crippen molar-refractivity contribution in [2.45, 2.75) is 31.5 Å². The molecule has 3 aliphatic heterocycles. The van der Waals surface area contributed by atoms with Crippen LogP contribution in [0.2, 0.25) is 0 Å². The van der Waals surface area contributed by atoms with Crippen LogP contribution in [0.1, 0.15) is 18.4 Å². The number of hydrogen-bond donors (Lipinski definition) is 2. The van der Waals surface area contributed by atoms with Gasteiger partial charge < -0.3 is 10.2 Å². The van der Waals surface area contributed by atoms with Gasteiger partial charge in [-0.05, 0) is 38.1 Å².